The molecule has 0 aliphatic heterocycles. The largest absolute Gasteiger partial charge is 0.398 e. The maximum absolute atomic E-state index is 13.2. The molecule has 1 heterocycles. The zero-order valence-corrected chi connectivity index (χ0v) is 21.6. The van der Waals surface area contributed by atoms with Crippen LogP contribution in [0.25, 0.3) is 22.0 Å². The molecule has 4 aromatic rings. The van der Waals surface area contributed by atoms with E-state index in [-0.39, 0.29) is 29.1 Å². The zero-order valence-electron chi connectivity index (χ0n) is 20.8. The van der Waals surface area contributed by atoms with Gasteiger partial charge in [-0.2, -0.15) is 0 Å². The minimum Gasteiger partial charge on any atom is -0.398 e. The third-order valence-corrected chi connectivity index (χ3v) is 7.79. The van der Waals surface area contributed by atoms with Gasteiger partial charge in [-0.15, -0.1) is 0 Å². The number of carbonyl (C=O) groups is 2. The molecule has 0 bridgehead atoms. The van der Waals surface area contributed by atoms with Crippen LogP contribution in [0.4, 0.5) is 0 Å². The number of carbonyl (C=O) groups excluding carboxylic acids is 2. The highest BCUT2D eigenvalue weighted by molar-refractivity contribution is 7.16. The smallest absolute Gasteiger partial charge is 0.313 e. The number of rotatable bonds is 9. The Balaban J connectivity index is 1.26. The number of aromatic nitrogens is 1. The number of fused-ring (bicyclic) bond motifs is 1. The van der Waals surface area contributed by atoms with Gasteiger partial charge in [-0.25, -0.2) is 4.98 Å². The highest BCUT2D eigenvalue weighted by Gasteiger charge is 2.28. The minimum absolute atomic E-state index is 0.199. The summed E-state index contributed by atoms with van der Waals surface area (Å²) in [6.07, 6.45) is 4.03. The Bertz CT molecular complexity index is 1380. The molecule has 1 aromatic heterocycles. The number of hydrogen-bond acceptors (Lipinski definition) is 6. The number of nitrogens with one attached hydrogen (secondary N) is 1. The Morgan fingerprint density at radius 2 is 1.78 bits per heavy atom. The molecule has 0 spiro atoms. The highest BCUT2D eigenvalue weighted by Crippen LogP contribution is 2.34. The first-order valence-corrected chi connectivity index (χ1v) is 13.5. The standard InChI is InChI=1S/C30H30N2O4S/c1-35-25-14-12-21(18-25)19-26(33)36-30-32-27(23-8-3-2-4-9-23)28(37-30)29(34)31-16-15-20-11-13-22-7-5-6-10-24(22)17-20/h2-11,13,17,21,25H,12,14-16,18-19H2,1H3,(H,31,34). The van der Waals surface area contributed by atoms with Gasteiger partial charge in [0.2, 0.25) is 0 Å². The van der Waals surface area contributed by atoms with Crippen molar-refractivity contribution in [3.05, 3.63) is 83.2 Å². The molecule has 1 aliphatic carbocycles. The molecule has 2 atom stereocenters. The van der Waals surface area contributed by atoms with Crippen LogP contribution in [0.15, 0.2) is 72.8 Å². The van der Waals surface area contributed by atoms with Crippen LogP contribution in [0.2, 0.25) is 0 Å². The quantitative estimate of drug-likeness (QED) is 0.275. The predicted octanol–water partition coefficient (Wildman–Crippen LogP) is 6.05. The average molecular weight is 515 g/mol. The van der Waals surface area contributed by atoms with Crippen molar-refractivity contribution in [3.63, 3.8) is 0 Å². The third kappa shape index (κ3) is 6.24. The Morgan fingerprint density at radius 3 is 2.57 bits per heavy atom. The van der Waals surface area contributed by atoms with Gasteiger partial charge < -0.3 is 14.8 Å². The van der Waals surface area contributed by atoms with Crippen molar-refractivity contribution in [3.8, 4) is 16.5 Å². The summed E-state index contributed by atoms with van der Waals surface area (Å²) >= 11 is 1.11. The first-order valence-electron chi connectivity index (χ1n) is 12.6. The lowest BCUT2D eigenvalue weighted by atomic mass is 10.0. The molecular weight excluding hydrogens is 484 g/mol. The van der Waals surface area contributed by atoms with E-state index < -0.39 is 0 Å². The molecule has 190 valence electrons. The molecule has 1 fully saturated rings. The second-order valence-corrected chi connectivity index (χ2v) is 10.4. The van der Waals surface area contributed by atoms with Crippen LogP contribution < -0.4 is 10.1 Å². The summed E-state index contributed by atoms with van der Waals surface area (Å²) in [5.74, 6) is -0.291. The van der Waals surface area contributed by atoms with Gasteiger partial charge in [-0.1, -0.05) is 84.1 Å². The first-order chi connectivity index (χ1) is 18.1. The first kappa shape index (κ1) is 25.1. The van der Waals surface area contributed by atoms with E-state index in [0.717, 1.165) is 41.7 Å². The number of benzene rings is 3. The fraction of sp³-hybridized carbons (Fsp3) is 0.300. The molecule has 3 aromatic carbocycles. The van der Waals surface area contributed by atoms with Crippen LogP contribution in [-0.2, 0) is 16.0 Å². The Hall–Kier alpha value is -3.55. The molecule has 0 radical (unpaired) electrons. The lowest BCUT2D eigenvalue weighted by molar-refractivity contribution is -0.135. The van der Waals surface area contributed by atoms with E-state index in [1.165, 1.54) is 10.8 Å². The number of ether oxygens (including phenoxy) is 2. The van der Waals surface area contributed by atoms with Crippen molar-refractivity contribution in [1.82, 2.24) is 10.3 Å². The Morgan fingerprint density at radius 1 is 1.00 bits per heavy atom. The van der Waals surface area contributed by atoms with Gasteiger partial charge in [-0.3, -0.25) is 9.59 Å². The van der Waals surface area contributed by atoms with Gasteiger partial charge in [0.25, 0.3) is 11.1 Å². The number of nitrogens with zero attached hydrogens (tertiary/aromatic N) is 1. The van der Waals surface area contributed by atoms with Crippen LogP contribution in [0, 0.1) is 5.92 Å². The number of hydrogen-bond donors (Lipinski definition) is 1. The van der Waals surface area contributed by atoms with Crippen LogP contribution in [0.5, 0.6) is 5.19 Å². The van der Waals surface area contributed by atoms with Crippen LogP contribution in [0.3, 0.4) is 0 Å². The van der Waals surface area contributed by atoms with Crippen molar-refractivity contribution < 1.29 is 19.1 Å². The summed E-state index contributed by atoms with van der Waals surface area (Å²) in [6, 6.07) is 24.1. The summed E-state index contributed by atoms with van der Waals surface area (Å²) in [4.78, 5) is 30.8. The summed E-state index contributed by atoms with van der Waals surface area (Å²) in [5.41, 5.74) is 2.49. The molecule has 1 saturated carbocycles. The van der Waals surface area contributed by atoms with Gasteiger partial charge in [0, 0.05) is 25.6 Å². The number of amides is 1. The van der Waals surface area contributed by atoms with Crippen molar-refractivity contribution in [2.45, 2.75) is 38.2 Å². The van der Waals surface area contributed by atoms with Crippen molar-refractivity contribution in [1.29, 1.82) is 0 Å². The zero-order chi connectivity index (χ0) is 25.6. The maximum Gasteiger partial charge on any atom is 0.313 e. The monoisotopic (exact) mass is 514 g/mol. The molecule has 5 rings (SSSR count). The molecular formula is C30H30N2O4S. The molecule has 1 N–H and O–H groups in total. The van der Waals surface area contributed by atoms with Crippen LogP contribution >= 0.6 is 11.3 Å². The van der Waals surface area contributed by atoms with E-state index in [1.54, 1.807) is 7.11 Å². The van der Waals surface area contributed by atoms with E-state index in [9.17, 15) is 9.59 Å². The lowest BCUT2D eigenvalue weighted by Gasteiger charge is -2.08. The van der Waals surface area contributed by atoms with Gasteiger partial charge in [0.1, 0.15) is 4.88 Å². The molecule has 2 unspecified atom stereocenters. The van der Waals surface area contributed by atoms with Crippen molar-refractivity contribution in [2.24, 2.45) is 5.92 Å². The van der Waals surface area contributed by atoms with Gasteiger partial charge >= 0.3 is 5.97 Å². The van der Waals surface area contributed by atoms with E-state index in [0.29, 0.717) is 30.0 Å². The Kier molecular flexibility index (Phi) is 7.92. The van der Waals surface area contributed by atoms with Crippen molar-refractivity contribution >= 4 is 34.0 Å². The number of thiazole rings is 1. The van der Waals surface area contributed by atoms with Gasteiger partial charge in [0.05, 0.1) is 11.8 Å². The minimum atomic E-state index is -0.321. The number of methoxy groups -OCH3 is 1. The van der Waals surface area contributed by atoms with Gasteiger partial charge in [-0.05, 0) is 47.9 Å². The van der Waals surface area contributed by atoms with E-state index >= 15 is 0 Å². The maximum atomic E-state index is 13.2. The summed E-state index contributed by atoms with van der Waals surface area (Å²) < 4.78 is 11.0. The third-order valence-electron chi connectivity index (χ3n) is 6.86. The van der Waals surface area contributed by atoms with E-state index in [2.05, 4.69) is 40.6 Å². The fourth-order valence-corrected chi connectivity index (χ4v) is 5.76. The molecule has 7 heteroatoms. The number of esters is 1. The topological polar surface area (TPSA) is 77.5 Å². The molecule has 0 saturated heterocycles. The van der Waals surface area contributed by atoms with Crippen LogP contribution in [0.1, 0.15) is 40.9 Å². The predicted molar refractivity (Wildman–Crippen MR) is 146 cm³/mol. The fourth-order valence-electron chi connectivity index (χ4n) is 4.89. The molecule has 1 aliphatic rings. The van der Waals surface area contributed by atoms with Gasteiger partial charge in [0.15, 0.2) is 0 Å². The average Bonchev–Trinajstić information content (AvgIpc) is 3.56. The summed E-state index contributed by atoms with van der Waals surface area (Å²) in [5, 5.41) is 5.60. The van der Waals surface area contributed by atoms with Crippen molar-refractivity contribution in [2.75, 3.05) is 13.7 Å². The summed E-state index contributed by atoms with van der Waals surface area (Å²) in [6.45, 7) is 0.487. The molecule has 6 nitrogen and oxygen atoms in total. The highest BCUT2D eigenvalue weighted by atomic mass is 32.1. The lowest BCUT2D eigenvalue weighted by Crippen LogP contribution is -2.25. The molecule has 1 amide bonds. The SMILES string of the molecule is COC1CCC(CC(=O)Oc2nc(-c3ccccc3)c(C(=O)NCCc3ccc4ccccc4c3)s2)C1. The van der Waals surface area contributed by atoms with E-state index in [1.807, 2.05) is 42.5 Å². The molecule has 37 heavy (non-hydrogen) atoms. The van der Waals surface area contributed by atoms with Crippen LogP contribution in [-0.4, -0.2) is 36.6 Å². The second-order valence-electron chi connectivity index (χ2n) is 9.43. The normalized spacial score (nSPS) is 17.1. The Labute approximate surface area is 220 Å². The summed E-state index contributed by atoms with van der Waals surface area (Å²) in [7, 11) is 1.71. The second kappa shape index (κ2) is 11.7. The van der Waals surface area contributed by atoms with E-state index in [4.69, 9.17) is 9.47 Å².